The number of hydrogen-bond acceptors (Lipinski definition) is 11. The Morgan fingerprint density at radius 3 is 1.68 bits per heavy atom. The summed E-state index contributed by atoms with van der Waals surface area (Å²) in [5, 5.41) is 40.7. The minimum atomic E-state index is -1.06. The molecule has 0 unspecified atom stereocenters. The van der Waals surface area contributed by atoms with Crippen LogP contribution in [0.4, 0.5) is 0 Å². The zero-order valence-electron chi connectivity index (χ0n) is 33.1. The Labute approximate surface area is 394 Å². The van der Waals surface area contributed by atoms with Crippen molar-refractivity contribution in [3.63, 3.8) is 0 Å². The van der Waals surface area contributed by atoms with Crippen molar-refractivity contribution in [1.29, 1.82) is 0 Å². The Hall–Kier alpha value is -2.88. The van der Waals surface area contributed by atoms with E-state index in [1.54, 1.807) is 7.11 Å². The van der Waals surface area contributed by atoms with E-state index in [1.165, 1.54) is 29.4 Å². The minimum absolute atomic E-state index is 0. The first-order valence-electron chi connectivity index (χ1n) is 18.5. The zero-order valence-corrected chi connectivity index (χ0v) is 40.3. The van der Waals surface area contributed by atoms with Crippen molar-refractivity contribution in [2.45, 2.75) is 88.7 Å². The molecule has 4 atom stereocenters. The molecule has 19 heteroatoms. The smallest absolute Gasteiger partial charge is 0.306 e. The van der Waals surface area contributed by atoms with Crippen molar-refractivity contribution < 1.29 is 49.0 Å². The predicted octanol–water partition coefficient (Wildman–Crippen LogP) is 7.35. The Balaban J connectivity index is 0.00000310. The van der Waals surface area contributed by atoms with Crippen LogP contribution in [0.2, 0.25) is 0 Å². The zero-order chi connectivity index (χ0) is 39.9. The highest BCUT2D eigenvalue weighted by atomic mass is 79.9. The number of carboxylic acids is 2. The van der Waals surface area contributed by atoms with Crippen LogP contribution in [0, 0.1) is 0 Å². The number of aliphatic hydroxyl groups is 2. The Morgan fingerprint density at radius 1 is 0.733 bits per heavy atom. The van der Waals surface area contributed by atoms with Crippen molar-refractivity contribution in [2.24, 2.45) is 0 Å². The molecule has 0 aliphatic heterocycles. The van der Waals surface area contributed by atoms with Crippen molar-refractivity contribution >= 4 is 97.8 Å². The second-order valence-electron chi connectivity index (χ2n) is 14.0. The van der Waals surface area contributed by atoms with Gasteiger partial charge in [-0.25, -0.2) is 0 Å². The van der Waals surface area contributed by atoms with Gasteiger partial charge in [-0.15, -0.1) is 0 Å². The normalized spacial score (nSPS) is 15.7. The van der Waals surface area contributed by atoms with Crippen LogP contribution in [0.3, 0.4) is 0 Å². The summed E-state index contributed by atoms with van der Waals surface area (Å²) in [7, 11) is 3.08. The van der Waals surface area contributed by atoms with E-state index >= 15 is 0 Å². The highest BCUT2D eigenvalue weighted by molar-refractivity contribution is 9.10. The number of aromatic nitrogens is 2. The fraction of sp³-hybridized carbons (Fsp3) is 0.415. The highest BCUT2D eigenvalue weighted by Gasteiger charge is 2.32. The van der Waals surface area contributed by atoms with Gasteiger partial charge in [0.15, 0.2) is 0 Å². The predicted molar refractivity (Wildman–Crippen MR) is 255 cm³/mol. The maximum Gasteiger partial charge on any atom is 0.306 e. The molecule has 330 valence electrons. The average Bonchev–Trinajstić information content (AvgIpc) is 3.77. The first-order valence-corrected chi connectivity index (χ1v) is 20.1. The third-order valence-corrected chi connectivity index (χ3v) is 11.2. The standard InChI is InChI=1S/C41H45Br2N3O10.4H2S/c1-53-38-22(6-3-7-24(47)18-36(49)50)16-32(42)40(45-38)55-34-14-12-28-26(8-4-10-30(28)34)27-9-5-11-31-29(27)13-15-35(31)56-41-33(43)17-23(39(46-41)54-2)20-44-21-25(48)19-37(51)52;;;;/h4-5,8-11,16-17,24-25,34-35,44,47-48H,3,6-7,12-15,18-21H2,1-2H3,(H,49,50)(H,51,52);4*1H2/t24-,25+,34+,35+;;;;/m1..../s1. The maximum absolute atomic E-state index is 10.9. The van der Waals surface area contributed by atoms with Gasteiger partial charge in [0.05, 0.1) is 48.2 Å². The Morgan fingerprint density at radius 2 is 1.20 bits per heavy atom. The molecule has 2 heterocycles. The molecule has 2 aliphatic rings. The molecule has 0 amide bonds. The third-order valence-electron chi connectivity index (χ3n) is 10.1. The number of carbonyl (C=O) groups is 2. The molecule has 0 fully saturated rings. The number of rotatable bonds is 19. The van der Waals surface area contributed by atoms with Gasteiger partial charge < -0.3 is 44.7 Å². The molecular weight excluding hydrogens is 983 g/mol. The van der Waals surface area contributed by atoms with E-state index in [-0.39, 0.29) is 85.6 Å². The number of methoxy groups -OCH3 is 2. The summed E-state index contributed by atoms with van der Waals surface area (Å²) in [6, 6.07) is 16.5. The van der Waals surface area contributed by atoms with Crippen molar-refractivity contribution in [3.8, 4) is 34.6 Å². The Kier molecular flexibility index (Phi) is 21.9. The molecule has 0 radical (unpaired) electrons. The van der Waals surface area contributed by atoms with Gasteiger partial charge in [-0.3, -0.25) is 9.59 Å². The number of benzene rings is 2. The Bertz CT molecular complexity index is 1940. The first kappa shape index (κ1) is 53.3. The number of hydrogen-bond donors (Lipinski definition) is 5. The molecule has 4 aromatic rings. The van der Waals surface area contributed by atoms with Gasteiger partial charge in [-0.2, -0.15) is 64.0 Å². The lowest BCUT2D eigenvalue weighted by atomic mass is 9.91. The van der Waals surface area contributed by atoms with Gasteiger partial charge in [-0.1, -0.05) is 36.4 Å². The van der Waals surface area contributed by atoms with Crippen LogP contribution in [0.5, 0.6) is 23.5 Å². The number of aliphatic carboxylic acids is 2. The summed E-state index contributed by atoms with van der Waals surface area (Å²) < 4.78 is 25.6. The fourth-order valence-corrected chi connectivity index (χ4v) is 8.46. The van der Waals surface area contributed by atoms with Gasteiger partial charge in [0.2, 0.25) is 23.5 Å². The van der Waals surface area contributed by atoms with Gasteiger partial charge in [-0.05, 0) is 122 Å². The lowest BCUT2D eigenvalue weighted by Crippen LogP contribution is -2.28. The molecule has 5 N–H and O–H groups in total. The van der Waals surface area contributed by atoms with Gasteiger partial charge >= 0.3 is 11.9 Å². The van der Waals surface area contributed by atoms with Crippen LogP contribution in [-0.4, -0.2) is 75.3 Å². The van der Waals surface area contributed by atoms with E-state index in [1.807, 2.05) is 12.1 Å². The van der Waals surface area contributed by atoms with Crippen molar-refractivity contribution in [3.05, 3.63) is 90.9 Å². The monoisotopic (exact) mass is 1030 g/mol. The summed E-state index contributed by atoms with van der Waals surface area (Å²) in [4.78, 5) is 31.1. The third kappa shape index (κ3) is 13.1. The summed E-state index contributed by atoms with van der Waals surface area (Å²) in [6.45, 7) is 0.422. The molecule has 13 nitrogen and oxygen atoms in total. The van der Waals surface area contributed by atoms with Crippen LogP contribution < -0.4 is 24.3 Å². The van der Waals surface area contributed by atoms with E-state index in [2.05, 4.69) is 83.5 Å². The van der Waals surface area contributed by atoms with Crippen molar-refractivity contribution in [1.82, 2.24) is 15.3 Å². The molecule has 2 aliphatic carbocycles. The largest absolute Gasteiger partial charge is 0.481 e. The van der Waals surface area contributed by atoms with Crippen LogP contribution >= 0.6 is 85.8 Å². The summed E-state index contributed by atoms with van der Waals surface area (Å²) in [5.41, 5.74) is 8.59. The number of ether oxygens (including phenoxy) is 4. The van der Waals surface area contributed by atoms with Crippen LogP contribution in [-0.2, 0) is 35.4 Å². The molecule has 0 bridgehead atoms. The summed E-state index contributed by atoms with van der Waals surface area (Å²) in [5.74, 6) is -0.460. The van der Waals surface area contributed by atoms with E-state index in [0.29, 0.717) is 58.3 Å². The first-order chi connectivity index (χ1) is 26.9. The maximum atomic E-state index is 10.9. The van der Waals surface area contributed by atoms with Crippen LogP contribution in [0.25, 0.3) is 11.1 Å². The van der Waals surface area contributed by atoms with E-state index in [0.717, 1.165) is 47.9 Å². The number of nitrogens with zero attached hydrogens (tertiary/aromatic N) is 2. The summed E-state index contributed by atoms with van der Waals surface area (Å²) in [6.07, 6.45) is 1.74. The molecular formula is C41H53Br2N3O10S4. The highest BCUT2D eigenvalue weighted by Crippen LogP contribution is 2.46. The quantitative estimate of drug-likeness (QED) is 0.0628. The number of pyridine rings is 2. The average molecular weight is 1040 g/mol. The summed E-state index contributed by atoms with van der Waals surface area (Å²) >= 11 is 7.25. The van der Waals surface area contributed by atoms with Crippen LogP contribution in [0.1, 0.15) is 84.1 Å². The minimum Gasteiger partial charge on any atom is -0.481 e. The second kappa shape index (κ2) is 24.7. The van der Waals surface area contributed by atoms with Gasteiger partial charge in [0.1, 0.15) is 12.2 Å². The number of carboxylic acid groups (broad SMARTS) is 2. The molecule has 2 aromatic heterocycles. The second-order valence-corrected chi connectivity index (χ2v) is 15.7. The fourth-order valence-electron chi connectivity index (χ4n) is 7.54. The number of halogens is 2. The molecule has 0 saturated heterocycles. The molecule has 6 rings (SSSR count). The number of fused-ring (bicyclic) bond motifs is 2. The topological polar surface area (TPSA) is 190 Å². The van der Waals surface area contributed by atoms with E-state index in [4.69, 9.17) is 29.2 Å². The molecule has 0 saturated carbocycles. The van der Waals surface area contributed by atoms with Crippen LogP contribution in [0.15, 0.2) is 57.5 Å². The lowest BCUT2D eigenvalue weighted by Gasteiger charge is -2.19. The molecule has 60 heavy (non-hydrogen) atoms. The number of aliphatic hydroxyl groups excluding tert-OH is 2. The number of aryl methyl sites for hydroxylation is 1. The SMILES string of the molecule is COc1nc(O[C@H]2CCc3c(-c4cccc5c4CC[C@@H]5Oc4nc(OC)c(CNC[C@@H](O)CC(=O)O)cc4Br)cccc32)c(Br)cc1CCC[C@@H](O)CC(=O)O.S.S.S.S. The van der Waals surface area contributed by atoms with E-state index in [9.17, 15) is 19.8 Å². The lowest BCUT2D eigenvalue weighted by molar-refractivity contribution is -0.140. The van der Waals surface area contributed by atoms with Crippen molar-refractivity contribution in [2.75, 3.05) is 20.8 Å². The molecule has 2 aromatic carbocycles. The van der Waals surface area contributed by atoms with Gasteiger partial charge in [0.25, 0.3) is 0 Å². The van der Waals surface area contributed by atoms with E-state index < -0.39 is 24.1 Å². The molecule has 0 spiro atoms. The van der Waals surface area contributed by atoms with Gasteiger partial charge in [0, 0.05) is 24.2 Å². The number of nitrogens with one attached hydrogen (secondary N) is 1.